The first-order valence-corrected chi connectivity index (χ1v) is 8.72. The van der Waals surface area contributed by atoms with Gasteiger partial charge in [-0.05, 0) is 49.9 Å². The molecule has 2 nitrogen and oxygen atoms in total. The normalized spacial score (nSPS) is 20.4. The fraction of sp³-hybridized carbons (Fsp3) is 0.647. The van der Waals surface area contributed by atoms with Gasteiger partial charge in [-0.25, -0.2) is 0 Å². The van der Waals surface area contributed by atoms with E-state index in [-0.39, 0.29) is 0 Å². The number of rotatable bonds is 6. The molecular formula is C17H27BrN2. The molecule has 2 unspecified atom stereocenters. The summed E-state index contributed by atoms with van der Waals surface area (Å²) in [5.74, 6) is 0.874. The van der Waals surface area contributed by atoms with Gasteiger partial charge in [0.1, 0.15) is 0 Å². The minimum Gasteiger partial charge on any atom is -0.371 e. The van der Waals surface area contributed by atoms with Gasteiger partial charge in [-0.3, -0.25) is 0 Å². The van der Waals surface area contributed by atoms with Crippen molar-refractivity contribution in [2.24, 2.45) is 5.92 Å². The van der Waals surface area contributed by atoms with Gasteiger partial charge < -0.3 is 10.2 Å². The first-order chi connectivity index (χ1) is 9.65. The van der Waals surface area contributed by atoms with Crippen molar-refractivity contribution in [3.05, 3.63) is 28.2 Å². The van der Waals surface area contributed by atoms with E-state index in [1.807, 2.05) is 0 Å². The Morgan fingerprint density at radius 3 is 2.80 bits per heavy atom. The molecule has 1 aromatic rings. The van der Waals surface area contributed by atoms with Crippen LogP contribution in [0, 0.1) is 5.92 Å². The van der Waals surface area contributed by atoms with Gasteiger partial charge in [0.25, 0.3) is 0 Å². The largest absolute Gasteiger partial charge is 0.371 e. The van der Waals surface area contributed by atoms with Crippen LogP contribution in [0.4, 0.5) is 5.69 Å². The number of hydrogen-bond acceptors (Lipinski definition) is 2. The third kappa shape index (κ3) is 3.76. The Bertz CT molecular complexity index is 433. The highest BCUT2D eigenvalue weighted by atomic mass is 79.9. The van der Waals surface area contributed by atoms with Crippen LogP contribution in [-0.4, -0.2) is 19.6 Å². The maximum atomic E-state index is 3.75. The molecule has 3 heteroatoms. The number of nitrogens with zero attached hydrogens (tertiary/aromatic N) is 1. The Morgan fingerprint density at radius 1 is 1.40 bits per heavy atom. The van der Waals surface area contributed by atoms with Crippen LogP contribution in [0.2, 0.25) is 0 Å². The third-order valence-electron chi connectivity index (χ3n) is 4.38. The Hall–Kier alpha value is -0.540. The van der Waals surface area contributed by atoms with Gasteiger partial charge in [-0.15, -0.1) is 0 Å². The van der Waals surface area contributed by atoms with Crippen LogP contribution in [-0.2, 0) is 0 Å². The Balaban J connectivity index is 2.06. The molecule has 0 bridgehead atoms. The molecule has 1 N–H and O–H groups in total. The summed E-state index contributed by atoms with van der Waals surface area (Å²) >= 11 is 3.75. The highest BCUT2D eigenvalue weighted by Crippen LogP contribution is 2.31. The first kappa shape index (κ1) is 15.8. The minimum absolute atomic E-state index is 0.403. The summed E-state index contributed by atoms with van der Waals surface area (Å²) in [4.78, 5) is 2.52. The molecule has 0 saturated carbocycles. The zero-order valence-electron chi connectivity index (χ0n) is 13.0. The van der Waals surface area contributed by atoms with Crippen LogP contribution in [0.1, 0.15) is 51.6 Å². The molecular weight excluding hydrogens is 312 g/mol. The van der Waals surface area contributed by atoms with Gasteiger partial charge in [0.05, 0.1) is 0 Å². The molecule has 2 rings (SSSR count). The second kappa shape index (κ2) is 7.46. The van der Waals surface area contributed by atoms with E-state index in [2.05, 4.69) is 65.1 Å². The number of anilines is 1. The van der Waals surface area contributed by atoms with Crippen molar-refractivity contribution in [3.63, 3.8) is 0 Å². The summed E-state index contributed by atoms with van der Waals surface area (Å²) in [6, 6.07) is 7.24. The summed E-state index contributed by atoms with van der Waals surface area (Å²) < 4.78 is 1.23. The fourth-order valence-electron chi connectivity index (χ4n) is 2.94. The van der Waals surface area contributed by atoms with Gasteiger partial charge in [0, 0.05) is 29.3 Å². The van der Waals surface area contributed by atoms with E-state index in [1.165, 1.54) is 48.1 Å². The van der Waals surface area contributed by atoms with Gasteiger partial charge in [0.15, 0.2) is 0 Å². The molecule has 1 heterocycles. The van der Waals surface area contributed by atoms with Gasteiger partial charge in [-0.2, -0.15) is 0 Å². The van der Waals surface area contributed by atoms with E-state index in [1.54, 1.807) is 0 Å². The zero-order valence-corrected chi connectivity index (χ0v) is 14.5. The third-order valence-corrected chi connectivity index (χ3v) is 5.07. The van der Waals surface area contributed by atoms with Crippen molar-refractivity contribution in [1.29, 1.82) is 0 Å². The molecule has 112 valence electrons. The summed E-state index contributed by atoms with van der Waals surface area (Å²) in [6.45, 7) is 10.2. The van der Waals surface area contributed by atoms with Crippen molar-refractivity contribution in [3.8, 4) is 0 Å². The Labute approximate surface area is 132 Å². The lowest BCUT2D eigenvalue weighted by Gasteiger charge is -2.21. The van der Waals surface area contributed by atoms with Crippen LogP contribution < -0.4 is 10.2 Å². The molecule has 0 spiro atoms. The van der Waals surface area contributed by atoms with Gasteiger partial charge in [0.2, 0.25) is 0 Å². The molecule has 0 aromatic heterocycles. The smallest absolute Gasteiger partial charge is 0.0377 e. The number of benzene rings is 1. The average Bonchev–Trinajstić information content (AvgIpc) is 2.93. The lowest BCUT2D eigenvalue weighted by atomic mass is 10.1. The van der Waals surface area contributed by atoms with E-state index < -0.39 is 0 Å². The molecule has 2 atom stereocenters. The van der Waals surface area contributed by atoms with E-state index >= 15 is 0 Å². The SMILES string of the molecule is CCCNC(C)c1ccc(N2CCC(CC)C2)cc1Br. The minimum atomic E-state index is 0.403. The summed E-state index contributed by atoms with van der Waals surface area (Å²) in [7, 11) is 0. The maximum absolute atomic E-state index is 3.75. The first-order valence-electron chi connectivity index (χ1n) is 7.93. The molecule has 1 aliphatic heterocycles. The molecule has 0 aliphatic carbocycles. The Morgan fingerprint density at radius 2 is 2.20 bits per heavy atom. The summed E-state index contributed by atoms with van der Waals surface area (Å²) in [5, 5.41) is 3.55. The fourth-order valence-corrected chi connectivity index (χ4v) is 3.65. The lowest BCUT2D eigenvalue weighted by molar-refractivity contribution is 0.567. The van der Waals surface area contributed by atoms with Crippen LogP contribution in [0.3, 0.4) is 0 Å². The topological polar surface area (TPSA) is 15.3 Å². The molecule has 1 fully saturated rings. The standard InChI is InChI=1S/C17H27BrN2/c1-4-9-19-13(3)16-7-6-15(11-17(16)18)20-10-8-14(5-2)12-20/h6-7,11,13-14,19H,4-5,8-10,12H2,1-3H3. The highest BCUT2D eigenvalue weighted by molar-refractivity contribution is 9.10. The second-order valence-electron chi connectivity index (χ2n) is 5.89. The predicted octanol–water partition coefficient (Wildman–Crippen LogP) is 4.75. The van der Waals surface area contributed by atoms with E-state index in [0.717, 1.165) is 12.5 Å². The molecule has 1 saturated heterocycles. The van der Waals surface area contributed by atoms with Crippen LogP contribution in [0.15, 0.2) is 22.7 Å². The van der Waals surface area contributed by atoms with Crippen LogP contribution in [0.25, 0.3) is 0 Å². The molecule has 0 radical (unpaired) electrons. The van der Waals surface area contributed by atoms with Crippen molar-refractivity contribution < 1.29 is 0 Å². The predicted molar refractivity (Wildman–Crippen MR) is 91.5 cm³/mol. The number of nitrogens with one attached hydrogen (secondary N) is 1. The van der Waals surface area contributed by atoms with Crippen LogP contribution in [0.5, 0.6) is 0 Å². The van der Waals surface area contributed by atoms with E-state index in [0.29, 0.717) is 6.04 Å². The molecule has 1 aromatic carbocycles. The highest BCUT2D eigenvalue weighted by Gasteiger charge is 2.21. The maximum Gasteiger partial charge on any atom is 0.0377 e. The van der Waals surface area contributed by atoms with Crippen molar-refractivity contribution in [1.82, 2.24) is 5.32 Å². The van der Waals surface area contributed by atoms with Crippen LogP contribution >= 0.6 is 15.9 Å². The van der Waals surface area contributed by atoms with E-state index in [9.17, 15) is 0 Å². The number of hydrogen-bond donors (Lipinski definition) is 1. The lowest BCUT2D eigenvalue weighted by Crippen LogP contribution is -2.21. The van der Waals surface area contributed by atoms with Crippen molar-refractivity contribution in [2.75, 3.05) is 24.5 Å². The quantitative estimate of drug-likeness (QED) is 0.805. The molecule has 0 amide bonds. The average molecular weight is 339 g/mol. The van der Waals surface area contributed by atoms with Crippen molar-refractivity contribution >= 4 is 21.6 Å². The van der Waals surface area contributed by atoms with E-state index in [4.69, 9.17) is 0 Å². The zero-order chi connectivity index (χ0) is 14.5. The Kier molecular flexibility index (Phi) is 5.91. The molecule has 20 heavy (non-hydrogen) atoms. The molecule has 1 aliphatic rings. The van der Waals surface area contributed by atoms with Gasteiger partial charge >= 0.3 is 0 Å². The number of halogens is 1. The monoisotopic (exact) mass is 338 g/mol. The van der Waals surface area contributed by atoms with Crippen molar-refractivity contribution in [2.45, 2.75) is 46.1 Å². The van der Waals surface area contributed by atoms with Gasteiger partial charge in [-0.1, -0.05) is 42.3 Å². The summed E-state index contributed by atoms with van der Waals surface area (Å²) in [6.07, 6.45) is 3.81. The summed E-state index contributed by atoms with van der Waals surface area (Å²) in [5.41, 5.74) is 2.72. The second-order valence-corrected chi connectivity index (χ2v) is 6.74.